The average molecular weight is 535 g/mol. The first-order valence-corrected chi connectivity index (χ1v) is 12.9. The van der Waals surface area contributed by atoms with Crippen molar-refractivity contribution in [2.45, 2.75) is 19.4 Å². The van der Waals surface area contributed by atoms with Crippen molar-refractivity contribution >= 4 is 46.4 Å². The molecule has 1 amide bonds. The van der Waals surface area contributed by atoms with Crippen molar-refractivity contribution in [3.05, 3.63) is 63.4 Å². The van der Waals surface area contributed by atoms with Gasteiger partial charge in [-0.05, 0) is 55.8 Å². The van der Waals surface area contributed by atoms with E-state index >= 15 is 0 Å². The zero-order chi connectivity index (χ0) is 24.4. The predicted octanol–water partition coefficient (Wildman–Crippen LogP) is 5.26. The molecule has 0 spiro atoms. The van der Waals surface area contributed by atoms with E-state index < -0.39 is 0 Å². The van der Waals surface area contributed by atoms with Crippen LogP contribution in [0.5, 0.6) is 0 Å². The van der Waals surface area contributed by atoms with E-state index in [9.17, 15) is 4.79 Å². The second-order valence-electron chi connectivity index (χ2n) is 9.00. The fourth-order valence-corrected chi connectivity index (χ4v) is 5.48. The van der Waals surface area contributed by atoms with E-state index in [1.54, 1.807) is 18.2 Å². The number of likely N-dealkylation sites (tertiary alicyclic amines) is 1. The van der Waals surface area contributed by atoms with Crippen molar-refractivity contribution in [3.8, 4) is 11.4 Å². The summed E-state index contributed by atoms with van der Waals surface area (Å²) in [5.74, 6) is 1.16. The van der Waals surface area contributed by atoms with Crippen molar-refractivity contribution < 1.29 is 9.32 Å². The molecule has 2 saturated heterocycles. The van der Waals surface area contributed by atoms with Crippen LogP contribution in [-0.4, -0.2) is 65.1 Å². The Morgan fingerprint density at radius 2 is 1.80 bits per heavy atom. The number of hydrogen-bond acceptors (Lipinski definition) is 6. The molecule has 184 valence electrons. The van der Waals surface area contributed by atoms with Gasteiger partial charge in [0, 0.05) is 54.0 Å². The molecule has 0 N–H and O–H groups in total. The number of rotatable bonds is 5. The van der Waals surface area contributed by atoms with Gasteiger partial charge in [-0.1, -0.05) is 46.0 Å². The summed E-state index contributed by atoms with van der Waals surface area (Å²) in [5, 5.41) is 5.84. The SMILES string of the molecule is O=C(C1CCCN(Cc2nc(-c3ccc(Cl)cc3Cl)no2)C1)N1CCN(c2cccc(Cl)c2)CC1. The van der Waals surface area contributed by atoms with Gasteiger partial charge in [0.15, 0.2) is 0 Å². The van der Waals surface area contributed by atoms with Gasteiger partial charge in [-0.25, -0.2) is 0 Å². The monoisotopic (exact) mass is 533 g/mol. The highest BCUT2D eigenvalue weighted by Crippen LogP contribution is 2.29. The Kier molecular flexibility index (Phi) is 7.48. The van der Waals surface area contributed by atoms with Gasteiger partial charge in [0.1, 0.15) is 0 Å². The largest absolute Gasteiger partial charge is 0.368 e. The van der Waals surface area contributed by atoms with Gasteiger partial charge in [-0.2, -0.15) is 4.98 Å². The van der Waals surface area contributed by atoms with Crippen LogP contribution in [0.3, 0.4) is 0 Å². The number of carbonyl (C=O) groups excluding carboxylic acids is 1. The molecular weight excluding hydrogens is 509 g/mol. The van der Waals surface area contributed by atoms with Crippen molar-refractivity contribution in [2.75, 3.05) is 44.2 Å². The Morgan fingerprint density at radius 1 is 1.00 bits per heavy atom. The zero-order valence-corrected chi connectivity index (χ0v) is 21.4. The lowest BCUT2D eigenvalue weighted by Gasteiger charge is -2.39. The fourth-order valence-electron chi connectivity index (χ4n) is 4.81. The Labute approximate surface area is 219 Å². The number of amides is 1. The van der Waals surface area contributed by atoms with Gasteiger partial charge >= 0.3 is 0 Å². The molecule has 0 saturated carbocycles. The minimum atomic E-state index is -0.0189. The number of carbonyl (C=O) groups is 1. The number of piperazine rings is 1. The molecule has 5 rings (SSSR count). The minimum absolute atomic E-state index is 0.0189. The quantitative estimate of drug-likeness (QED) is 0.445. The van der Waals surface area contributed by atoms with Crippen LogP contribution in [0, 0.1) is 5.92 Å². The van der Waals surface area contributed by atoms with E-state index in [-0.39, 0.29) is 11.8 Å². The number of piperidine rings is 1. The third kappa shape index (κ3) is 5.75. The molecule has 35 heavy (non-hydrogen) atoms. The summed E-state index contributed by atoms with van der Waals surface area (Å²) in [7, 11) is 0. The smallest absolute Gasteiger partial charge is 0.241 e. The normalized spacial score (nSPS) is 19.2. The third-order valence-electron chi connectivity index (χ3n) is 6.62. The average Bonchev–Trinajstić information content (AvgIpc) is 3.32. The summed E-state index contributed by atoms with van der Waals surface area (Å²) in [6.07, 6.45) is 1.86. The van der Waals surface area contributed by atoms with Crippen LogP contribution in [0.2, 0.25) is 15.1 Å². The molecule has 0 bridgehead atoms. The van der Waals surface area contributed by atoms with Crippen LogP contribution in [0.25, 0.3) is 11.4 Å². The number of hydrogen-bond donors (Lipinski definition) is 0. The van der Waals surface area contributed by atoms with E-state index in [0.29, 0.717) is 40.4 Å². The summed E-state index contributed by atoms with van der Waals surface area (Å²) in [6, 6.07) is 13.1. The molecular formula is C25H26Cl3N5O2. The highest BCUT2D eigenvalue weighted by Gasteiger charge is 2.31. The maximum absolute atomic E-state index is 13.3. The molecule has 0 aliphatic carbocycles. The first-order valence-electron chi connectivity index (χ1n) is 11.8. The molecule has 0 radical (unpaired) electrons. The lowest BCUT2D eigenvalue weighted by atomic mass is 9.96. The van der Waals surface area contributed by atoms with Crippen LogP contribution in [0.4, 0.5) is 5.69 Å². The molecule has 2 fully saturated rings. The van der Waals surface area contributed by atoms with E-state index in [0.717, 1.165) is 56.3 Å². The van der Waals surface area contributed by atoms with Crippen molar-refractivity contribution in [2.24, 2.45) is 5.92 Å². The first kappa shape index (κ1) is 24.4. The van der Waals surface area contributed by atoms with E-state index in [4.69, 9.17) is 39.3 Å². The summed E-state index contributed by atoms with van der Waals surface area (Å²) in [6.45, 7) is 5.14. The lowest BCUT2D eigenvalue weighted by molar-refractivity contribution is -0.137. The maximum atomic E-state index is 13.3. The van der Waals surface area contributed by atoms with Gasteiger partial charge in [0.2, 0.25) is 17.6 Å². The van der Waals surface area contributed by atoms with Gasteiger partial charge in [0.05, 0.1) is 17.5 Å². The van der Waals surface area contributed by atoms with E-state index in [1.165, 1.54) is 0 Å². The number of halogens is 3. The van der Waals surface area contributed by atoms with Gasteiger partial charge in [-0.3, -0.25) is 9.69 Å². The lowest BCUT2D eigenvalue weighted by Crippen LogP contribution is -2.52. The van der Waals surface area contributed by atoms with Crippen LogP contribution in [0.1, 0.15) is 18.7 Å². The summed E-state index contributed by atoms with van der Waals surface area (Å²) < 4.78 is 5.48. The standard InChI is InChI=1S/C25H26Cl3N5O2/c26-18-4-1-5-20(13-18)32-9-11-33(12-10-32)25(34)17-3-2-8-31(15-17)16-23-29-24(30-35-23)21-7-6-19(27)14-22(21)28/h1,4-7,13-14,17H,2-3,8-12,15-16H2. The molecule has 2 aliphatic heterocycles. The second-order valence-corrected chi connectivity index (χ2v) is 10.3. The number of nitrogens with zero attached hydrogens (tertiary/aromatic N) is 5. The maximum Gasteiger partial charge on any atom is 0.241 e. The van der Waals surface area contributed by atoms with Gasteiger partial charge in [0.25, 0.3) is 0 Å². The molecule has 1 atom stereocenters. The highest BCUT2D eigenvalue weighted by atomic mass is 35.5. The van der Waals surface area contributed by atoms with Crippen LogP contribution < -0.4 is 4.90 Å². The van der Waals surface area contributed by atoms with Crippen LogP contribution >= 0.6 is 34.8 Å². The summed E-state index contributed by atoms with van der Waals surface area (Å²) in [5.41, 5.74) is 1.78. The predicted molar refractivity (Wildman–Crippen MR) is 138 cm³/mol. The number of aromatic nitrogens is 2. The Bertz CT molecular complexity index is 1200. The Balaban J connectivity index is 1.16. The molecule has 1 aromatic heterocycles. The second kappa shape index (κ2) is 10.7. The van der Waals surface area contributed by atoms with E-state index in [1.807, 2.05) is 23.1 Å². The Hall–Kier alpha value is -2.32. The van der Waals surface area contributed by atoms with Gasteiger partial charge < -0.3 is 14.3 Å². The molecule has 1 unspecified atom stereocenters. The highest BCUT2D eigenvalue weighted by molar-refractivity contribution is 6.36. The van der Waals surface area contributed by atoms with Crippen LogP contribution in [-0.2, 0) is 11.3 Å². The summed E-state index contributed by atoms with van der Waals surface area (Å²) >= 11 is 18.4. The zero-order valence-electron chi connectivity index (χ0n) is 19.2. The van der Waals surface area contributed by atoms with Gasteiger partial charge in [-0.15, -0.1) is 0 Å². The van der Waals surface area contributed by atoms with Crippen molar-refractivity contribution in [1.29, 1.82) is 0 Å². The van der Waals surface area contributed by atoms with Crippen molar-refractivity contribution in [3.63, 3.8) is 0 Å². The minimum Gasteiger partial charge on any atom is -0.368 e. The molecule has 3 aromatic rings. The molecule has 7 nitrogen and oxygen atoms in total. The third-order valence-corrected chi connectivity index (χ3v) is 7.40. The number of anilines is 1. The van der Waals surface area contributed by atoms with Crippen molar-refractivity contribution in [1.82, 2.24) is 19.9 Å². The topological polar surface area (TPSA) is 65.7 Å². The van der Waals surface area contributed by atoms with Crippen LogP contribution in [0.15, 0.2) is 47.0 Å². The number of benzene rings is 2. The molecule has 2 aromatic carbocycles. The Morgan fingerprint density at radius 3 is 2.57 bits per heavy atom. The summed E-state index contributed by atoms with van der Waals surface area (Å²) in [4.78, 5) is 24.3. The molecule has 3 heterocycles. The fraction of sp³-hybridized carbons (Fsp3) is 0.400. The molecule has 2 aliphatic rings. The van der Waals surface area contributed by atoms with E-state index in [2.05, 4.69) is 26.0 Å². The first-order chi connectivity index (χ1) is 17.0. The molecule has 10 heteroatoms.